The average Bonchev–Trinajstić information content (AvgIpc) is 3.15. The molecule has 1 fully saturated rings. The van der Waals surface area contributed by atoms with Crippen molar-refractivity contribution in [3.63, 3.8) is 0 Å². The molecular formula is C22H32N4O3. The Morgan fingerprint density at radius 1 is 1.31 bits per heavy atom. The molecule has 1 N–H and O–H groups in total. The SMILES string of the molecule is COc1ccc(CNC(=O)CC[C@@H]2CCCN(Cc3nccn3C)C2)c(OC)c1. The fourth-order valence-corrected chi connectivity index (χ4v) is 3.89. The highest BCUT2D eigenvalue weighted by molar-refractivity contribution is 5.75. The highest BCUT2D eigenvalue weighted by Crippen LogP contribution is 2.25. The fraction of sp³-hybridized carbons (Fsp3) is 0.545. The van der Waals surface area contributed by atoms with Gasteiger partial charge in [-0.3, -0.25) is 9.69 Å². The number of amides is 1. The summed E-state index contributed by atoms with van der Waals surface area (Å²) in [5.41, 5.74) is 0.945. The van der Waals surface area contributed by atoms with Crippen molar-refractivity contribution in [2.45, 2.75) is 38.8 Å². The number of aryl methyl sites for hydroxylation is 1. The van der Waals surface area contributed by atoms with Gasteiger partial charge in [0.2, 0.25) is 5.91 Å². The molecule has 158 valence electrons. The van der Waals surface area contributed by atoms with E-state index in [0.29, 0.717) is 18.9 Å². The van der Waals surface area contributed by atoms with Crippen molar-refractivity contribution in [1.82, 2.24) is 19.8 Å². The summed E-state index contributed by atoms with van der Waals surface area (Å²) in [6.07, 6.45) is 7.68. The summed E-state index contributed by atoms with van der Waals surface area (Å²) >= 11 is 0. The van der Waals surface area contributed by atoms with Crippen LogP contribution in [-0.4, -0.2) is 47.7 Å². The maximum Gasteiger partial charge on any atom is 0.220 e. The normalized spacial score (nSPS) is 17.1. The highest BCUT2D eigenvalue weighted by atomic mass is 16.5. The van der Waals surface area contributed by atoms with Crippen LogP contribution >= 0.6 is 0 Å². The van der Waals surface area contributed by atoms with Gasteiger partial charge in [0.25, 0.3) is 0 Å². The van der Waals surface area contributed by atoms with Crippen molar-refractivity contribution < 1.29 is 14.3 Å². The summed E-state index contributed by atoms with van der Waals surface area (Å²) in [5.74, 6) is 3.21. The van der Waals surface area contributed by atoms with E-state index >= 15 is 0 Å². The van der Waals surface area contributed by atoms with E-state index < -0.39 is 0 Å². The van der Waals surface area contributed by atoms with Crippen LogP contribution in [0.1, 0.15) is 37.1 Å². The number of hydrogen-bond donors (Lipinski definition) is 1. The lowest BCUT2D eigenvalue weighted by atomic mass is 9.93. The summed E-state index contributed by atoms with van der Waals surface area (Å²) in [7, 11) is 5.28. The average molecular weight is 401 g/mol. The van der Waals surface area contributed by atoms with Crippen molar-refractivity contribution in [3.05, 3.63) is 42.0 Å². The first-order chi connectivity index (χ1) is 14.1. The summed E-state index contributed by atoms with van der Waals surface area (Å²) in [6, 6.07) is 5.64. The number of ether oxygens (including phenoxy) is 2. The van der Waals surface area contributed by atoms with Gasteiger partial charge in [-0.2, -0.15) is 0 Å². The number of methoxy groups -OCH3 is 2. The third kappa shape index (κ3) is 5.97. The van der Waals surface area contributed by atoms with Gasteiger partial charge in [0.05, 0.1) is 20.8 Å². The first-order valence-corrected chi connectivity index (χ1v) is 10.2. The zero-order valence-corrected chi connectivity index (χ0v) is 17.7. The molecule has 0 bridgehead atoms. The van der Waals surface area contributed by atoms with E-state index in [9.17, 15) is 4.79 Å². The van der Waals surface area contributed by atoms with Gasteiger partial charge in [-0.05, 0) is 43.9 Å². The molecule has 1 aromatic carbocycles. The lowest BCUT2D eigenvalue weighted by Gasteiger charge is -2.32. The molecule has 1 atom stereocenters. The van der Waals surface area contributed by atoms with Crippen LogP contribution in [-0.2, 0) is 24.9 Å². The summed E-state index contributed by atoms with van der Waals surface area (Å²) < 4.78 is 12.7. The third-order valence-electron chi connectivity index (χ3n) is 5.64. The largest absolute Gasteiger partial charge is 0.497 e. The van der Waals surface area contributed by atoms with Gasteiger partial charge in [0.1, 0.15) is 17.3 Å². The number of aromatic nitrogens is 2. The zero-order valence-electron chi connectivity index (χ0n) is 17.7. The van der Waals surface area contributed by atoms with E-state index in [1.807, 2.05) is 37.6 Å². The topological polar surface area (TPSA) is 68.6 Å². The van der Waals surface area contributed by atoms with Crippen molar-refractivity contribution >= 4 is 5.91 Å². The number of likely N-dealkylation sites (tertiary alicyclic amines) is 1. The Hall–Kier alpha value is -2.54. The first-order valence-electron chi connectivity index (χ1n) is 10.2. The number of piperidine rings is 1. The number of carbonyl (C=O) groups is 1. The number of nitrogens with zero attached hydrogens (tertiary/aromatic N) is 3. The second-order valence-electron chi connectivity index (χ2n) is 7.69. The van der Waals surface area contributed by atoms with Gasteiger partial charge in [-0.1, -0.05) is 0 Å². The Morgan fingerprint density at radius 2 is 2.17 bits per heavy atom. The molecule has 0 spiro atoms. The Bertz CT molecular complexity index is 805. The number of imidazole rings is 1. The van der Waals surface area contributed by atoms with Crippen molar-refractivity contribution in [1.29, 1.82) is 0 Å². The first kappa shape index (κ1) is 21.2. The van der Waals surface area contributed by atoms with Crippen molar-refractivity contribution in [2.24, 2.45) is 13.0 Å². The van der Waals surface area contributed by atoms with E-state index in [0.717, 1.165) is 48.9 Å². The molecule has 29 heavy (non-hydrogen) atoms. The smallest absolute Gasteiger partial charge is 0.220 e. The van der Waals surface area contributed by atoms with E-state index in [1.54, 1.807) is 14.2 Å². The van der Waals surface area contributed by atoms with E-state index in [4.69, 9.17) is 9.47 Å². The molecule has 1 amide bonds. The number of nitrogens with one attached hydrogen (secondary N) is 1. The molecule has 0 radical (unpaired) electrons. The molecule has 2 heterocycles. The molecule has 2 aromatic rings. The number of hydrogen-bond acceptors (Lipinski definition) is 5. The molecule has 1 aliphatic rings. The molecule has 1 aliphatic heterocycles. The summed E-state index contributed by atoms with van der Waals surface area (Å²) in [6.45, 7) is 3.48. The summed E-state index contributed by atoms with van der Waals surface area (Å²) in [5, 5.41) is 3.02. The van der Waals surface area contributed by atoms with Crippen LogP contribution in [0.4, 0.5) is 0 Å². The maximum atomic E-state index is 12.4. The molecule has 7 heteroatoms. The monoisotopic (exact) mass is 400 g/mol. The second kappa shape index (κ2) is 10.3. The number of carbonyl (C=O) groups excluding carboxylic acids is 1. The van der Waals surface area contributed by atoms with Crippen LogP contribution in [0, 0.1) is 5.92 Å². The van der Waals surface area contributed by atoms with Gasteiger partial charge in [-0.15, -0.1) is 0 Å². The Morgan fingerprint density at radius 3 is 2.90 bits per heavy atom. The quantitative estimate of drug-likeness (QED) is 0.701. The van der Waals surface area contributed by atoms with E-state index in [2.05, 4.69) is 19.8 Å². The molecule has 0 aliphatic carbocycles. The van der Waals surface area contributed by atoms with Crippen molar-refractivity contribution in [2.75, 3.05) is 27.3 Å². The molecule has 0 unspecified atom stereocenters. The molecule has 1 saturated heterocycles. The van der Waals surface area contributed by atoms with Crippen LogP contribution in [0.5, 0.6) is 11.5 Å². The van der Waals surface area contributed by atoms with Crippen molar-refractivity contribution in [3.8, 4) is 11.5 Å². The Balaban J connectivity index is 1.42. The molecular weight excluding hydrogens is 368 g/mol. The minimum absolute atomic E-state index is 0.0871. The minimum Gasteiger partial charge on any atom is -0.497 e. The van der Waals surface area contributed by atoms with Gasteiger partial charge < -0.3 is 19.4 Å². The number of rotatable bonds is 9. The van der Waals surface area contributed by atoms with Crippen LogP contribution < -0.4 is 14.8 Å². The summed E-state index contributed by atoms with van der Waals surface area (Å²) in [4.78, 5) is 19.2. The lowest BCUT2D eigenvalue weighted by Crippen LogP contribution is -2.36. The van der Waals surface area contributed by atoms with Gasteiger partial charge in [0, 0.05) is 50.6 Å². The minimum atomic E-state index is 0.0871. The van der Waals surface area contributed by atoms with Gasteiger partial charge in [-0.25, -0.2) is 4.98 Å². The van der Waals surface area contributed by atoms with E-state index in [-0.39, 0.29) is 5.91 Å². The Labute approximate surface area is 173 Å². The maximum absolute atomic E-state index is 12.4. The predicted molar refractivity (Wildman–Crippen MR) is 112 cm³/mol. The van der Waals surface area contributed by atoms with Gasteiger partial charge in [0.15, 0.2) is 0 Å². The molecule has 0 saturated carbocycles. The Kier molecular flexibility index (Phi) is 7.52. The number of benzene rings is 1. The highest BCUT2D eigenvalue weighted by Gasteiger charge is 2.21. The van der Waals surface area contributed by atoms with Gasteiger partial charge >= 0.3 is 0 Å². The van der Waals surface area contributed by atoms with Crippen LogP contribution in [0.15, 0.2) is 30.6 Å². The van der Waals surface area contributed by atoms with Crippen LogP contribution in [0.2, 0.25) is 0 Å². The molecule has 1 aromatic heterocycles. The predicted octanol–water partition coefficient (Wildman–Crippen LogP) is 2.75. The molecule has 3 rings (SSSR count). The lowest BCUT2D eigenvalue weighted by molar-refractivity contribution is -0.121. The second-order valence-corrected chi connectivity index (χ2v) is 7.69. The van der Waals surface area contributed by atoms with E-state index in [1.165, 1.54) is 12.8 Å². The fourth-order valence-electron chi connectivity index (χ4n) is 3.89. The van der Waals surface area contributed by atoms with Crippen LogP contribution in [0.3, 0.4) is 0 Å². The molecule has 7 nitrogen and oxygen atoms in total. The van der Waals surface area contributed by atoms with Crippen LogP contribution in [0.25, 0.3) is 0 Å². The standard InChI is InChI=1S/C22H32N4O3/c1-25-12-10-23-21(25)16-26-11-4-5-17(15-26)6-9-22(27)24-14-18-7-8-19(28-2)13-20(18)29-3/h7-8,10,12-13,17H,4-6,9,11,14-16H2,1-3H3,(H,24,27)/t17-/m0/s1. The third-order valence-corrected chi connectivity index (χ3v) is 5.64. The zero-order chi connectivity index (χ0) is 20.6.